The molecule has 2 N–H and O–H groups in total. The van der Waals surface area contributed by atoms with Gasteiger partial charge in [-0.1, -0.05) is 0 Å². The quantitative estimate of drug-likeness (QED) is 0.456. The molecule has 12 heavy (non-hydrogen) atoms. The van der Waals surface area contributed by atoms with E-state index in [-0.39, 0.29) is 5.97 Å². The Kier molecular flexibility index (Phi) is 2.69. The second-order valence-corrected chi connectivity index (χ2v) is 3.42. The van der Waals surface area contributed by atoms with E-state index in [0.717, 1.165) is 25.8 Å². The molecule has 0 amide bonds. The molecule has 1 aliphatic rings. The lowest BCUT2D eigenvalue weighted by molar-refractivity contribution is -0.156. The molecule has 0 bridgehead atoms. The van der Waals surface area contributed by atoms with E-state index in [0.29, 0.717) is 0 Å². The highest BCUT2D eigenvalue weighted by atomic mass is 16.5. The van der Waals surface area contributed by atoms with Gasteiger partial charge in [0.1, 0.15) is 5.54 Å². The van der Waals surface area contributed by atoms with E-state index in [1.54, 1.807) is 5.01 Å². The second kappa shape index (κ2) is 3.41. The van der Waals surface area contributed by atoms with Crippen LogP contribution < -0.4 is 5.84 Å². The average Bonchev–Trinajstić information content (AvgIpc) is 2.09. The summed E-state index contributed by atoms with van der Waals surface area (Å²) in [7, 11) is 1.40. The minimum absolute atomic E-state index is 0.232. The van der Waals surface area contributed by atoms with Crippen LogP contribution in [0.5, 0.6) is 0 Å². The summed E-state index contributed by atoms with van der Waals surface area (Å²) in [5.41, 5.74) is -0.604. The van der Waals surface area contributed by atoms with E-state index in [9.17, 15) is 4.79 Å². The van der Waals surface area contributed by atoms with E-state index < -0.39 is 5.54 Å². The van der Waals surface area contributed by atoms with Crippen molar-refractivity contribution in [3.63, 3.8) is 0 Å². The molecule has 4 nitrogen and oxygen atoms in total. The molecule has 1 rings (SSSR count). The summed E-state index contributed by atoms with van der Waals surface area (Å²) < 4.78 is 4.70. The van der Waals surface area contributed by atoms with Gasteiger partial charge < -0.3 is 4.74 Å². The van der Waals surface area contributed by atoms with Crippen LogP contribution in [0.15, 0.2) is 0 Å². The molecule has 1 atom stereocenters. The molecule has 0 aliphatic carbocycles. The maximum absolute atomic E-state index is 11.4. The summed E-state index contributed by atoms with van der Waals surface area (Å²) >= 11 is 0. The minimum atomic E-state index is -0.604. The van der Waals surface area contributed by atoms with E-state index >= 15 is 0 Å². The molecular weight excluding hydrogens is 156 g/mol. The van der Waals surface area contributed by atoms with Crippen LogP contribution >= 0.6 is 0 Å². The molecule has 70 valence electrons. The Hall–Kier alpha value is -0.610. The first-order valence-electron chi connectivity index (χ1n) is 4.22. The lowest BCUT2D eigenvalue weighted by Crippen LogP contribution is -2.58. The predicted octanol–water partition coefficient (Wildman–Crippen LogP) is 0.278. The van der Waals surface area contributed by atoms with E-state index in [2.05, 4.69) is 0 Å². The summed E-state index contributed by atoms with van der Waals surface area (Å²) in [5, 5.41) is 1.59. The Morgan fingerprint density at radius 1 is 1.58 bits per heavy atom. The van der Waals surface area contributed by atoms with Gasteiger partial charge in [0, 0.05) is 6.54 Å². The van der Waals surface area contributed by atoms with E-state index in [4.69, 9.17) is 10.6 Å². The van der Waals surface area contributed by atoms with Crippen LogP contribution in [0, 0.1) is 0 Å². The third kappa shape index (κ3) is 1.44. The number of esters is 1. The normalized spacial score (nSPS) is 31.6. The number of hydrogen-bond acceptors (Lipinski definition) is 4. The third-order valence-electron chi connectivity index (χ3n) is 2.57. The number of hydrazine groups is 1. The van der Waals surface area contributed by atoms with Crippen molar-refractivity contribution in [3.05, 3.63) is 0 Å². The number of hydrogen-bond donors (Lipinski definition) is 1. The fourth-order valence-electron chi connectivity index (χ4n) is 1.58. The molecular formula is C8H16N2O2. The highest BCUT2D eigenvalue weighted by Gasteiger charge is 2.40. The van der Waals surface area contributed by atoms with Gasteiger partial charge in [0.05, 0.1) is 7.11 Å². The number of carbonyl (C=O) groups is 1. The number of rotatable bonds is 1. The van der Waals surface area contributed by atoms with Crippen LogP contribution in [0.2, 0.25) is 0 Å². The number of piperidine rings is 1. The number of ether oxygens (including phenoxy) is 1. The maximum Gasteiger partial charge on any atom is 0.327 e. The Labute approximate surface area is 72.6 Å². The monoisotopic (exact) mass is 172 g/mol. The summed E-state index contributed by atoms with van der Waals surface area (Å²) in [6.45, 7) is 2.60. The van der Waals surface area contributed by atoms with Crippen molar-refractivity contribution in [2.75, 3.05) is 13.7 Å². The molecule has 0 aromatic carbocycles. The molecule has 0 aromatic rings. The minimum Gasteiger partial charge on any atom is -0.468 e. The van der Waals surface area contributed by atoms with Crippen molar-refractivity contribution < 1.29 is 9.53 Å². The van der Waals surface area contributed by atoms with Crippen molar-refractivity contribution in [3.8, 4) is 0 Å². The Balaban J connectivity index is 2.72. The standard InChI is InChI=1S/C8H16N2O2/c1-8(7(11)12-2)5-3-4-6-10(8)9/h3-6,9H2,1-2H3. The van der Waals surface area contributed by atoms with Crippen molar-refractivity contribution in [1.82, 2.24) is 5.01 Å². The number of methoxy groups -OCH3 is 1. The zero-order valence-corrected chi connectivity index (χ0v) is 7.67. The summed E-state index contributed by atoms with van der Waals surface area (Å²) in [6, 6.07) is 0. The highest BCUT2D eigenvalue weighted by molar-refractivity contribution is 5.80. The van der Waals surface area contributed by atoms with Crippen molar-refractivity contribution in [2.45, 2.75) is 31.7 Å². The summed E-state index contributed by atoms with van der Waals surface area (Å²) in [5.74, 6) is 5.49. The maximum atomic E-state index is 11.4. The molecule has 0 aromatic heterocycles. The molecule has 1 aliphatic heterocycles. The average molecular weight is 172 g/mol. The van der Waals surface area contributed by atoms with Gasteiger partial charge in [-0.3, -0.25) is 10.6 Å². The first-order chi connectivity index (χ1) is 5.61. The first-order valence-corrected chi connectivity index (χ1v) is 4.22. The second-order valence-electron chi connectivity index (χ2n) is 3.42. The smallest absolute Gasteiger partial charge is 0.327 e. The van der Waals surface area contributed by atoms with Crippen LogP contribution in [0.1, 0.15) is 26.2 Å². The summed E-state index contributed by atoms with van der Waals surface area (Å²) in [4.78, 5) is 11.4. The Bertz CT molecular complexity index is 184. The van der Waals surface area contributed by atoms with Crippen LogP contribution in [-0.4, -0.2) is 30.2 Å². The lowest BCUT2D eigenvalue weighted by Gasteiger charge is -2.39. The zero-order valence-electron chi connectivity index (χ0n) is 7.67. The van der Waals surface area contributed by atoms with E-state index in [1.165, 1.54) is 7.11 Å². The molecule has 0 radical (unpaired) electrons. The largest absolute Gasteiger partial charge is 0.468 e. The Morgan fingerprint density at radius 3 is 2.75 bits per heavy atom. The molecule has 0 saturated carbocycles. The molecule has 0 spiro atoms. The van der Waals surface area contributed by atoms with Gasteiger partial charge in [0.25, 0.3) is 0 Å². The van der Waals surface area contributed by atoms with Crippen LogP contribution in [0.3, 0.4) is 0 Å². The van der Waals surface area contributed by atoms with E-state index in [1.807, 2.05) is 6.92 Å². The number of nitrogens with zero attached hydrogens (tertiary/aromatic N) is 1. The third-order valence-corrected chi connectivity index (χ3v) is 2.57. The molecule has 1 heterocycles. The van der Waals surface area contributed by atoms with Gasteiger partial charge in [-0.25, -0.2) is 5.01 Å². The van der Waals surface area contributed by atoms with Gasteiger partial charge in [0.2, 0.25) is 0 Å². The number of nitrogens with two attached hydrogens (primary N) is 1. The molecule has 1 fully saturated rings. The van der Waals surface area contributed by atoms with Gasteiger partial charge in [-0.15, -0.1) is 0 Å². The topological polar surface area (TPSA) is 55.6 Å². The van der Waals surface area contributed by atoms with Crippen LogP contribution in [0.25, 0.3) is 0 Å². The van der Waals surface area contributed by atoms with Crippen molar-refractivity contribution in [2.24, 2.45) is 5.84 Å². The molecule has 4 heteroatoms. The first kappa shape index (κ1) is 9.48. The lowest BCUT2D eigenvalue weighted by atomic mass is 9.90. The van der Waals surface area contributed by atoms with Gasteiger partial charge in [-0.05, 0) is 26.2 Å². The predicted molar refractivity (Wildman–Crippen MR) is 45.2 cm³/mol. The van der Waals surface area contributed by atoms with Gasteiger partial charge in [-0.2, -0.15) is 0 Å². The Morgan fingerprint density at radius 2 is 2.25 bits per heavy atom. The van der Waals surface area contributed by atoms with Crippen molar-refractivity contribution in [1.29, 1.82) is 0 Å². The van der Waals surface area contributed by atoms with Crippen LogP contribution in [-0.2, 0) is 9.53 Å². The number of carbonyl (C=O) groups excluding carboxylic acids is 1. The molecule has 1 saturated heterocycles. The van der Waals surface area contributed by atoms with Crippen molar-refractivity contribution >= 4 is 5.97 Å². The summed E-state index contributed by atoms with van der Waals surface area (Å²) in [6.07, 6.45) is 2.89. The molecule has 1 unspecified atom stereocenters. The SMILES string of the molecule is COC(=O)C1(C)CCCCN1N. The van der Waals surface area contributed by atoms with Gasteiger partial charge in [0.15, 0.2) is 0 Å². The zero-order chi connectivity index (χ0) is 9.19. The van der Waals surface area contributed by atoms with Gasteiger partial charge >= 0.3 is 5.97 Å². The fraction of sp³-hybridized carbons (Fsp3) is 0.875. The van der Waals surface area contributed by atoms with Crippen LogP contribution in [0.4, 0.5) is 0 Å². The fourth-order valence-corrected chi connectivity index (χ4v) is 1.58. The highest BCUT2D eigenvalue weighted by Crippen LogP contribution is 2.25.